The van der Waals surface area contributed by atoms with Gasteiger partial charge in [0.1, 0.15) is 5.75 Å². The number of ether oxygens (including phenoxy) is 1. The first-order chi connectivity index (χ1) is 13.7. The number of fused-ring (bicyclic) bond motifs is 1. The second-order valence-electron chi connectivity index (χ2n) is 6.38. The molecular formula is C21H20N4O2S. The number of benzene rings is 1. The number of aromatic nitrogens is 3. The average Bonchev–Trinajstić information content (AvgIpc) is 3.38. The Morgan fingerprint density at radius 3 is 2.75 bits per heavy atom. The summed E-state index contributed by atoms with van der Waals surface area (Å²) in [6, 6.07) is 11.9. The standard InChI is InChI=1S/C21H20N4O2S/c1-14-17(21(26)22-10-9-15-5-7-16(27-2)8-6-15)12-23-20-18(13-24-25(14)20)19-4-3-11-28-19/h3-8,11-13H,9-10H2,1-2H3,(H,22,26). The molecule has 0 atom stereocenters. The van der Waals surface area contributed by atoms with Crippen LogP contribution in [0.3, 0.4) is 0 Å². The lowest BCUT2D eigenvalue weighted by atomic mass is 10.1. The minimum absolute atomic E-state index is 0.145. The van der Waals surface area contributed by atoms with Crippen LogP contribution in [0.5, 0.6) is 5.75 Å². The highest BCUT2D eigenvalue weighted by atomic mass is 32.1. The van der Waals surface area contributed by atoms with Crippen LogP contribution in [-0.4, -0.2) is 34.2 Å². The summed E-state index contributed by atoms with van der Waals surface area (Å²) >= 11 is 1.64. The van der Waals surface area contributed by atoms with E-state index in [4.69, 9.17) is 4.74 Å². The second-order valence-corrected chi connectivity index (χ2v) is 7.33. The van der Waals surface area contributed by atoms with Crippen molar-refractivity contribution < 1.29 is 9.53 Å². The number of hydrogen-bond acceptors (Lipinski definition) is 5. The van der Waals surface area contributed by atoms with Gasteiger partial charge in [0.05, 0.1) is 30.1 Å². The van der Waals surface area contributed by atoms with Gasteiger partial charge in [0, 0.05) is 17.6 Å². The molecule has 0 aliphatic heterocycles. The quantitative estimate of drug-likeness (QED) is 0.543. The van der Waals surface area contributed by atoms with Gasteiger partial charge in [0.2, 0.25) is 0 Å². The minimum Gasteiger partial charge on any atom is -0.497 e. The van der Waals surface area contributed by atoms with Crippen molar-refractivity contribution in [1.82, 2.24) is 19.9 Å². The number of amides is 1. The number of nitrogens with zero attached hydrogens (tertiary/aromatic N) is 3. The molecule has 7 heteroatoms. The van der Waals surface area contributed by atoms with Crippen LogP contribution in [0.4, 0.5) is 0 Å². The fourth-order valence-electron chi connectivity index (χ4n) is 3.08. The van der Waals surface area contributed by atoms with Gasteiger partial charge >= 0.3 is 0 Å². The molecule has 1 N–H and O–H groups in total. The molecule has 0 fully saturated rings. The van der Waals surface area contributed by atoms with Crippen LogP contribution in [0.15, 0.2) is 54.2 Å². The zero-order chi connectivity index (χ0) is 19.5. The maximum absolute atomic E-state index is 12.6. The molecule has 1 amide bonds. The smallest absolute Gasteiger partial charge is 0.254 e. The summed E-state index contributed by atoms with van der Waals surface area (Å²) in [5.41, 5.74) is 4.18. The molecule has 28 heavy (non-hydrogen) atoms. The molecule has 0 radical (unpaired) electrons. The van der Waals surface area contributed by atoms with E-state index in [-0.39, 0.29) is 5.91 Å². The number of carbonyl (C=O) groups excluding carboxylic acids is 1. The molecule has 0 saturated heterocycles. The van der Waals surface area contributed by atoms with Crippen LogP contribution in [0.2, 0.25) is 0 Å². The summed E-state index contributed by atoms with van der Waals surface area (Å²) in [6.07, 6.45) is 4.17. The normalized spacial score (nSPS) is 10.9. The van der Waals surface area contributed by atoms with Gasteiger partial charge in [-0.3, -0.25) is 4.79 Å². The van der Waals surface area contributed by atoms with Gasteiger partial charge in [0.15, 0.2) is 5.65 Å². The number of thiophene rings is 1. The van der Waals surface area contributed by atoms with Gasteiger partial charge < -0.3 is 10.1 Å². The molecule has 0 aliphatic rings. The average molecular weight is 392 g/mol. The Morgan fingerprint density at radius 2 is 2.04 bits per heavy atom. The lowest BCUT2D eigenvalue weighted by molar-refractivity contribution is 0.0952. The van der Waals surface area contributed by atoms with Gasteiger partial charge in [-0.2, -0.15) is 5.10 Å². The summed E-state index contributed by atoms with van der Waals surface area (Å²) in [4.78, 5) is 18.2. The van der Waals surface area contributed by atoms with E-state index >= 15 is 0 Å². The van der Waals surface area contributed by atoms with Crippen molar-refractivity contribution >= 4 is 22.9 Å². The van der Waals surface area contributed by atoms with Crippen LogP contribution in [0, 0.1) is 6.92 Å². The molecule has 1 aromatic carbocycles. The fourth-order valence-corrected chi connectivity index (χ4v) is 3.81. The van der Waals surface area contributed by atoms with Crippen molar-refractivity contribution in [1.29, 1.82) is 0 Å². The first kappa shape index (κ1) is 18.2. The van der Waals surface area contributed by atoms with Crippen LogP contribution >= 0.6 is 11.3 Å². The van der Waals surface area contributed by atoms with Crippen molar-refractivity contribution in [3.05, 3.63) is 71.0 Å². The van der Waals surface area contributed by atoms with Crippen molar-refractivity contribution in [3.63, 3.8) is 0 Å². The highest BCUT2D eigenvalue weighted by Gasteiger charge is 2.16. The Bertz CT molecular complexity index is 1100. The first-order valence-electron chi connectivity index (χ1n) is 8.95. The molecule has 3 aromatic heterocycles. The fraction of sp³-hybridized carbons (Fsp3) is 0.190. The lowest BCUT2D eigenvalue weighted by Gasteiger charge is -2.09. The summed E-state index contributed by atoms with van der Waals surface area (Å²) in [5, 5.41) is 9.42. The Morgan fingerprint density at radius 1 is 1.21 bits per heavy atom. The van der Waals surface area contributed by atoms with E-state index in [0.29, 0.717) is 12.1 Å². The Hall–Kier alpha value is -3.19. The summed E-state index contributed by atoms with van der Waals surface area (Å²) in [6.45, 7) is 2.43. The van der Waals surface area contributed by atoms with E-state index in [9.17, 15) is 4.79 Å². The second kappa shape index (κ2) is 7.82. The van der Waals surface area contributed by atoms with Gasteiger partial charge in [-0.1, -0.05) is 18.2 Å². The first-order valence-corrected chi connectivity index (χ1v) is 9.83. The monoisotopic (exact) mass is 392 g/mol. The SMILES string of the molecule is COc1ccc(CCNC(=O)c2cnc3c(-c4cccs4)cnn3c2C)cc1. The molecule has 4 rings (SSSR count). The zero-order valence-electron chi connectivity index (χ0n) is 15.7. The summed E-state index contributed by atoms with van der Waals surface area (Å²) < 4.78 is 6.89. The number of hydrogen-bond donors (Lipinski definition) is 1. The van der Waals surface area contributed by atoms with Crippen molar-refractivity contribution in [3.8, 4) is 16.2 Å². The summed E-state index contributed by atoms with van der Waals surface area (Å²) in [5.74, 6) is 0.678. The number of methoxy groups -OCH3 is 1. The highest BCUT2D eigenvalue weighted by Crippen LogP contribution is 2.28. The largest absolute Gasteiger partial charge is 0.497 e. The molecule has 3 heterocycles. The molecule has 0 spiro atoms. The van der Waals surface area contributed by atoms with E-state index in [0.717, 1.165) is 39.5 Å². The van der Waals surface area contributed by atoms with Crippen LogP contribution in [0.1, 0.15) is 21.6 Å². The minimum atomic E-state index is -0.145. The lowest BCUT2D eigenvalue weighted by Crippen LogP contribution is -2.27. The molecule has 0 bridgehead atoms. The number of carbonyl (C=O) groups is 1. The van der Waals surface area contributed by atoms with Crippen molar-refractivity contribution in [2.75, 3.05) is 13.7 Å². The number of aryl methyl sites for hydroxylation is 1. The van der Waals surface area contributed by atoms with E-state index in [1.807, 2.05) is 48.7 Å². The third kappa shape index (κ3) is 3.48. The molecule has 4 aromatic rings. The predicted octanol–water partition coefficient (Wildman–Crippen LogP) is 3.75. The van der Waals surface area contributed by atoms with Crippen molar-refractivity contribution in [2.24, 2.45) is 0 Å². The molecular weight excluding hydrogens is 372 g/mol. The van der Waals surface area contributed by atoms with Gasteiger partial charge in [-0.25, -0.2) is 9.50 Å². The van der Waals surface area contributed by atoms with E-state index < -0.39 is 0 Å². The maximum Gasteiger partial charge on any atom is 0.254 e. The Kier molecular flexibility index (Phi) is 5.08. The van der Waals surface area contributed by atoms with Gasteiger partial charge in [-0.05, 0) is 42.5 Å². The Labute approximate surface area is 166 Å². The van der Waals surface area contributed by atoms with Crippen LogP contribution < -0.4 is 10.1 Å². The summed E-state index contributed by atoms with van der Waals surface area (Å²) in [7, 11) is 1.64. The van der Waals surface area contributed by atoms with E-state index in [2.05, 4.69) is 15.4 Å². The van der Waals surface area contributed by atoms with E-state index in [1.165, 1.54) is 0 Å². The van der Waals surface area contributed by atoms with Crippen LogP contribution in [0.25, 0.3) is 16.1 Å². The van der Waals surface area contributed by atoms with Gasteiger partial charge in [-0.15, -0.1) is 11.3 Å². The van der Waals surface area contributed by atoms with Gasteiger partial charge in [0.25, 0.3) is 5.91 Å². The predicted molar refractivity (Wildman–Crippen MR) is 110 cm³/mol. The number of rotatable bonds is 6. The Balaban J connectivity index is 1.47. The molecule has 0 aliphatic carbocycles. The molecule has 0 saturated carbocycles. The van der Waals surface area contributed by atoms with E-state index in [1.54, 1.807) is 35.4 Å². The third-order valence-electron chi connectivity index (χ3n) is 4.66. The third-order valence-corrected chi connectivity index (χ3v) is 5.56. The molecule has 142 valence electrons. The van der Waals surface area contributed by atoms with Crippen LogP contribution in [-0.2, 0) is 6.42 Å². The molecule has 0 unspecified atom stereocenters. The topological polar surface area (TPSA) is 68.5 Å². The van der Waals surface area contributed by atoms with Crippen molar-refractivity contribution in [2.45, 2.75) is 13.3 Å². The number of nitrogens with one attached hydrogen (secondary N) is 1. The molecule has 6 nitrogen and oxygen atoms in total. The zero-order valence-corrected chi connectivity index (χ0v) is 16.5. The maximum atomic E-state index is 12.6. The highest BCUT2D eigenvalue weighted by molar-refractivity contribution is 7.13.